The van der Waals surface area contributed by atoms with Gasteiger partial charge < -0.3 is 15.8 Å². The molecule has 1 aromatic heterocycles. The second-order valence-corrected chi connectivity index (χ2v) is 4.18. The Bertz CT molecular complexity index is 580. The maximum absolute atomic E-state index is 11.9. The average molecular weight is 260 g/mol. The summed E-state index contributed by atoms with van der Waals surface area (Å²) in [5.41, 5.74) is 6.76. The van der Waals surface area contributed by atoms with Gasteiger partial charge in [-0.2, -0.15) is 5.10 Å². The molecule has 6 nitrogen and oxygen atoms in total. The van der Waals surface area contributed by atoms with Crippen molar-refractivity contribution in [1.82, 2.24) is 15.5 Å². The summed E-state index contributed by atoms with van der Waals surface area (Å²) in [5.74, 6) is 0.795. The molecule has 4 N–H and O–H groups in total. The smallest absolute Gasteiger partial charge is 0.269 e. The summed E-state index contributed by atoms with van der Waals surface area (Å²) in [6.45, 7) is 1.90. The van der Waals surface area contributed by atoms with Crippen LogP contribution in [-0.2, 0) is 0 Å². The Morgan fingerprint density at radius 1 is 1.47 bits per heavy atom. The van der Waals surface area contributed by atoms with Crippen LogP contribution in [0.1, 0.15) is 29.0 Å². The van der Waals surface area contributed by atoms with E-state index in [9.17, 15) is 4.79 Å². The number of aromatic amines is 1. The number of hydrogen-bond donors (Lipinski definition) is 3. The van der Waals surface area contributed by atoms with E-state index in [2.05, 4.69) is 15.5 Å². The third-order valence-electron chi connectivity index (χ3n) is 2.78. The van der Waals surface area contributed by atoms with Crippen LogP contribution in [0, 0.1) is 0 Å². The van der Waals surface area contributed by atoms with Crippen LogP contribution in [0.5, 0.6) is 5.75 Å². The van der Waals surface area contributed by atoms with Crippen LogP contribution < -0.4 is 15.8 Å². The van der Waals surface area contributed by atoms with Crippen LogP contribution in [0.2, 0.25) is 0 Å². The Morgan fingerprint density at radius 2 is 2.26 bits per heavy atom. The topological polar surface area (TPSA) is 93.0 Å². The summed E-state index contributed by atoms with van der Waals surface area (Å²) in [6, 6.07) is 8.89. The molecule has 0 aliphatic carbocycles. The summed E-state index contributed by atoms with van der Waals surface area (Å²) in [5, 5.41) is 9.15. The summed E-state index contributed by atoms with van der Waals surface area (Å²) >= 11 is 0. The lowest BCUT2D eigenvalue weighted by atomic mass is 10.1. The molecule has 0 bridgehead atoms. The molecule has 2 aromatic rings. The number of benzene rings is 1. The first-order valence-electron chi connectivity index (χ1n) is 5.86. The van der Waals surface area contributed by atoms with Crippen LogP contribution in [0.3, 0.4) is 0 Å². The van der Waals surface area contributed by atoms with Gasteiger partial charge in [0.15, 0.2) is 0 Å². The van der Waals surface area contributed by atoms with Crippen LogP contribution in [0.4, 0.5) is 5.82 Å². The first-order valence-corrected chi connectivity index (χ1v) is 5.86. The van der Waals surface area contributed by atoms with Gasteiger partial charge in [0.1, 0.15) is 17.3 Å². The van der Waals surface area contributed by atoms with Crippen molar-refractivity contribution in [3.8, 4) is 5.75 Å². The van der Waals surface area contributed by atoms with E-state index < -0.39 is 0 Å². The van der Waals surface area contributed by atoms with Crippen LogP contribution in [-0.4, -0.2) is 23.2 Å². The number of ether oxygens (including phenoxy) is 1. The molecule has 2 rings (SSSR count). The fraction of sp³-hybridized carbons (Fsp3) is 0.231. The first kappa shape index (κ1) is 12.9. The normalized spacial score (nSPS) is 11.9. The van der Waals surface area contributed by atoms with Crippen molar-refractivity contribution in [2.45, 2.75) is 13.0 Å². The summed E-state index contributed by atoms with van der Waals surface area (Å²) in [4.78, 5) is 11.9. The Morgan fingerprint density at radius 3 is 2.89 bits per heavy atom. The van der Waals surface area contributed by atoms with Gasteiger partial charge in [0.25, 0.3) is 5.91 Å². The van der Waals surface area contributed by atoms with E-state index in [1.54, 1.807) is 7.11 Å². The molecule has 0 spiro atoms. The molecule has 0 radical (unpaired) electrons. The second-order valence-electron chi connectivity index (χ2n) is 4.18. The number of methoxy groups -OCH3 is 1. The highest BCUT2D eigenvalue weighted by Gasteiger charge is 2.13. The minimum atomic E-state index is -0.250. The fourth-order valence-electron chi connectivity index (χ4n) is 1.72. The molecule has 1 unspecified atom stereocenters. The molecule has 0 saturated heterocycles. The number of nitrogens with one attached hydrogen (secondary N) is 2. The molecule has 1 aromatic carbocycles. The minimum absolute atomic E-state index is 0.146. The molecule has 0 aliphatic heterocycles. The molecule has 1 amide bonds. The third-order valence-corrected chi connectivity index (χ3v) is 2.78. The van der Waals surface area contributed by atoms with Crippen molar-refractivity contribution in [2.24, 2.45) is 0 Å². The van der Waals surface area contributed by atoms with Crippen molar-refractivity contribution >= 4 is 11.7 Å². The van der Waals surface area contributed by atoms with Crippen LogP contribution in [0.25, 0.3) is 0 Å². The lowest BCUT2D eigenvalue weighted by Crippen LogP contribution is -2.26. The molecule has 19 heavy (non-hydrogen) atoms. The Balaban J connectivity index is 2.08. The monoisotopic (exact) mass is 260 g/mol. The highest BCUT2D eigenvalue weighted by molar-refractivity contribution is 5.93. The maximum atomic E-state index is 11.9. The van der Waals surface area contributed by atoms with Crippen LogP contribution in [0.15, 0.2) is 30.3 Å². The zero-order valence-electron chi connectivity index (χ0n) is 10.8. The lowest BCUT2D eigenvalue weighted by Gasteiger charge is -2.14. The molecule has 0 saturated carbocycles. The van der Waals surface area contributed by atoms with Gasteiger partial charge in [0, 0.05) is 6.07 Å². The molecular formula is C13H16N4O2. The van der Waals surface area contributed by atoms with Gasteiger partial charge in [0.05, 0.1) is 13.2 Å². The first-order chi connectivity index (χ1) is 9.10. The number of rotatable bonds is 4. The Labute approximate surface area is 111 Å². The lowest BCUT2D eigenvalue weighted by molar-refractivity contribution is 0.0934. The largest absolute Gasteiger partial charge is 0.497 e. The van der Waals surface area contributed by atoms with Gasteiger partial charge in [-0.3, -0.25) is 9.89 Å². The van der Waals surface area contributed by atoms with E-state index in [0.29, 0.717) is 11.5 Å². The predicted octanol–water partition coefficient (Wildman–Crippen LogP) is 1.49. The van der Waals surface area contributed by atoms with Gasteiger partial charge in [-0.1, -0.05) is 12.1 Å². The minimum Gasteiger partial charge on any atom is -0.497 e. The van der Waals surface area contributed by atoms with E-state index in [-0.39, 0.29) is 11.9 Å². The van der Waals surface area contributed by atoms with E-state index in [4.69, 9.17) is 10.5 Å². The van der Waals surface area contributed by atoms with Crippen molar-refractivity contribution < 1.29 is 9.53 Å². The van der Waals surface area contributed by atoms with Crippen molar-refractivity contribution in [2.75, 3.05) is 12.8 Å². The molecule has 0 fully saturated rings. The number of amides is 1. The van der Waals surface area contributed by atoms with E-state index in [1.165, 1.54) is 6.07 Å². The molecule has 1 atom stereocenters. The number of carbonyl (C=O) groups is 1. The maximum Gasteiger partial charge on any atom is 0.269 e. The fourth-order valence-corrected chi connectivity index (χ4v) is 1.72. The number of H-pyrrole nitrogens is 1. The van der Waals surface area contributed by atoms with Gasteiger partial charge in [0.2, 0.25) is 0 Å². The Hall–Kier alpha value is -2.50. The number of hydrogen-bond acceptors (Lipinski definition) is 4. The zero-order valence-corrected chi connectivity index (χ0v) is 10.8. The van der Waals surface area contributed by atoms with Gasteiger partial charge in [-0.05, 0) is 24.6 Å². The number of aromatic nitrogens is 2. The summed E-state index contributed by atoms with van der Waals surface area (Å²) in [7, 11) is 1.61. The zero-order chi connectivity index (χ0) is 13.8. The van der Waals surface area contributed by atoms with E-state index in [0.717, 1.165) is 11.3 Å². The average Bonchev–Trinajstić information content (AvgIpc) is 2.85. The van der Waals surface area contributed by atoms with Gasteiger partial charge in [-0.25, -0.2) is 0 Å². The number of nitrogen functional groups attached to an aromatic ring is 1. The third kappa shape index (κ3) is 3.04. The summed E-state index contributed by atoms with van der Waals surface area (Å²) < 4.78 is 5.15. The number of anilines is 1. The standard InChI is InChI=1S/C13H16N4O2/c1-8(9-4-3-5-10(6-9)19-2)15-13(18)11-7-12(14)17-16-11/h3-8H,1-2H3,(H,15,18)(H3,14,16,17). The van der Waals surface area contributed by atoms with Gasteiger partial charge in [-0.15, -0.1) is 0 Å². The molecule has 100 valence electrons. The van der Waals surface area contributed by atoms with E-state index >= 15 is 0 Å². The van der Waals surface area contributed by atoms with Gasteiger partial charge >= 0.3 is 0 Å². The quantitative estimate of drug-likeness (QED) is 0.776. The molecule has 6 heteroatoms. The highest BCUT2D eigenvalue weighted by atomic mass is 16.5. The second kappa shape index (κ2) is 5.43. The van der Waals surface area contributed by atoms with Crippen LogP contribution >= 0.6 is 0 Å². The SMILES string of the molecule is COc1cccc(C(C)NC(=O)c2cc(N)n[nH]2)c1. The number of nitrogens with two attached hydrogens (primary N) is 1. The highest BCUT2D eigenvalue weighted by Crippen LogP contribution is 2.19. The Kier molecular flexibility index (Phi) is 3.70. The number of carbonyl (C=O) groups excluding carboxylic acids is 1. The summed E-state index contributed by atoms with van der Waals surface area (Å²) in [6.07, 6.45) is 0. The molecular weight excluding hydrogens is 244 g/mol. The van der Waals surface area contributed by atoms with Crippen molar-refractivity contribution in [3.63, 3.8) is 0 Å². The van der Waals surface area contributed by atoms with Crippen molar-refractivity contribution in [1.29, 1.82) is 0 Å². The molecule has 1 heterocycles. The van der Waals surface area contributed by atoms with E-state index in [1.807, 2.05) is 31.2 Å². The number of nitrogens with zero attached hydrogens (tertiary/aromatic N) is 1. The molecule has 0 aliphatic rings. The van der Waals surface area contributed by atoms with Crippen molar-refractivity contribution in [3.05, 3.63) is 41.6 Å². The predicted molar refractivity (Wildman–Crippen MR) is 71.9 cm³/mol.